The molecule has 1 amide bonds. The Bertz CT molecular complexity index is 550. The number of aliphatic hydroxyl groups is 1. The van der Waals surface area contributed by atoms with Gasteiger partial charge in [-0.15, -0.1) is 0 Å². The maximum absolute atomic E-state index is 12.5. The van der Waals surface area contributed by atoms with Crippen LogP contribution in [0.15, 0.2) is 24.3 Å². The molecule has 0 bridgehead atoms. The molecule has 0 radical (unpaired) electrons. The molecule has 1 rings (SSSR count). The van der Waals surface area contributed by atoms with Crippen molar-refractivity contribution in [2.24, 2.45) is 0 Å². The van der Waals surface area contributed by atoms with Crippen LogP contribution in [0, 0.1) is 0 Å². The van der Waals surface area contributed by atoms with Gasteiger partial charge in [-0.1, -0.05) is 12.1 Å². The van der Waals surface area contributed by atoms with Crippen LogP contribution in [0.5, 0.6) is 0 Å². The highest BCUT2D eigenvalue weighted by atomic mass is 16.5. The number of aliphatic hydroxyl groups excluding tert-OH is 1. The van der Waals surface area contributed by atoms with E-state index in [1.54, 1.807) is 36.1 Å². The first-order valence-electron chi connectivity index (χ1n) is 8.26. The van der Waals surface area contributed by atoms with Gasteiger partial charge < -0.3 is 20.1 Å². The standard InChI is InChI=1S/C18H28N2O4/c1-12(2)20(13(3)4)17(22)14(5)24-18(23)15-8-6-7-9-16(15)19-10-11-21/h6-9,12-14,19,21H,10-11H2,1-5H3. The van der Waals surface area contributed by atoms with Gasteiger partial charge in [0.25, 0.3) is 5.91 Å². The number of nitrogens with one attached hydrogen (secondary N) is 1. The van der Waals surface area contributed by atoms with Crippen LogP contribution in [-0.4, -0.2) is 53.2 Å². The molecule has 0 spiro atoms. The fourth-order valence-electron chi connectivity index (χ4n) is 2.60. The monoisotopic (exact) mass is 336 g/mol. The van der Waals surface area contributed by atoms with Crippen molar-refractivity contribution in [3.05, 3.63) is 29.8 Å². The average Bonchev–Trinajstić information content (AvgIpc) is 2.52. The Morgan fingerprint density at radius 2 is 1.71 bits per heavy atom. The number of nitrogens with zero attached hydrogens (tertiary/aromatic N) is 1. The highest BCUT2D eigenvalue weighted by Gasteiger charge is 2.28. The Morgan fingerprint density at radius 1 is 1.12 bits per heavy atom. The maximum Gasteiger partial charge on any atom is 0.341 e. The van der Waals surface area contributed by atoms with Crippen molar-refractivity contribution < 1.29 is 19.4 Å². The number of hydrogen-bond donors (Lipinski definition) is 2. The number of para-hydroxylation sites is 1. The zero-order valence-electron chi connectivity index (χ0n) is 15.1. The van der Waals surface area contributed by atoms with Crippen LogP contribution in [-0.2, 0) is 9.53 Å². The van der Waals surface area contributed by atoms with Crippen molar-refractivity contribution in [1.29, 1.82) is 0 Å². The Kier molecular flexibility index (Phi) is 7.71. The molecule has 1 aromatic carbocycles. The summed E-state index contributed by atoms with van der Waals surface area (Å²) in [5, 5.41) is 11.9. The van der Waals surface area contributed by atoms with Gasteiger partial charge in [0.15, 0.2) is 6.10 Å². The molecule has 134 valence electrons. The summed E-state index contributed by atoms with van der Waals surface area (Å²) < 4.78 is 5.37. The largest absolute Gasteiger partial charge is 0.449 e. The quantitative estimate of drug-likeness (QED) is 0.712. The van der Waals surface area contributed by atoms with Crippen molar-refractivity contribution in [3.8, 4) is 0 Å². The first kappa shape index (κ1) is 20.0. The molecule has 0 aliphatic rings. The third kappa shape index (κ3) is 5.23. The van der Waals surface area contributed by atoms with E-state index in [2.05, 4.69) is 5.32 Å². The van der Waals surface area contributed by atoms with Crippen molar-refractivity contribution in [1.82, 2.24) is 4.90 Å². The van der Waals surface area contributed by atoms with Gasteiger partial charge in [-0.05, 0) is 46.8 Å². The number of carbonyl (C=O) groups excluding carboxylic acids is 2. The Hall–Kier alpha value is -2.08. The minimum Gasteiger partial charge on any atom is -0.449 e. The summed E-state index contributed by atoms with van der Waals surface area (Å²) in [5.41, 5.74) is 0.909. The van der Waals surface area contributed by atoms with E-state index in [1.165, 1.54) is 0 Å². The van der Waals surface area contributed by atoms with Crippen molar-refractivity contribution in [3.63, 3.8) is 0 Å². The molecule has 1 atom stereocenters. The van der Waals surface area contributed by atoms with E-state index < -0.39 is 12.1 Å². The molecule has 0 aromatic heterocycles. The Morgan fingerprint density at radius 3 is 2.25 bits per heavy atom. The van der Waals surface area contributed by atoms with E-state index in [0.29, 0.717) is 17.8 Å². The molecular weight excluding hydrogens is 308 g/mol. The lowest BCUT2D eigenvalue weighted by Gasteiger charge is -2.32. The Labute approximate surface area is 143 Å². The van der Waals surface area contributed by atoms with Crippen LogP contribution in [0.2, 0.25) is 0 Å². The molecule has 0 saturated heterocycles. The van der Waals surface area contributed by atoms with Crippen LogP contribution in [0.3, 0.4) is 0 Å². The average molecular weight is 336 g/mol. The second-order valence-electron chi connectivity index (χ2n) is 6.18. The maximum atomic E-state index is 12.5. The lowest BCUT2D eigenvalue weighted by atomic mass is 10.1. The molecule has 0 aliphatic carbocycles. The predicted octanol–water partition coefficient (Wildman–Crippen LogP) is 2.28. The number of ether oxygens (including phenoxy) is 1. The Balaban J connectivity index is 2.85. The minimum absolute atomic E-state index is 0.0251. The summed E-state index contributed by atoms with van der Waals surface area (Å²) in [6.07, 6.45) is -0.867. The molecule has 1 aromatic rings. The van der Waals surface area contributed by atoms with Gasteiger partial charge in [0.2, 0.25) is 0 Å². The van der Waals surface area contributed by atoms with Crippen LogP contribution in [0.25, 0.3) is 0 Å². The number of hydrogen-bond acceptors (Lipinski definition) is 5. The van der Waals surface area contributed by atoms with Gasteiger partial charge >= 0.3 is 5.97 Å². The lowest BCUT2D eigenvalue weighted by molar-refractivity contribution is -0.143. The second-order valence-corrected chi connectivity index (χ2v) is 6.18. The molecule has 1 unspecified atom stereocenters. The van der Waals surface area contributed by atoms with E-state index in [4.69, 9.17) is 9.84 Å². The number of rotatable bonds is 8. The summed E-state index contributed by atoms with van der Waals surface area (Å²) in [6, 6.07) is 6.91. The third-order valence-corrected chi connectivity index (χ3v) is 3.57. The fraction of sp³-hybridized carbons (Fsp3) is 0.556. The van der Waals surface area contributed by atoms with E-state index in [1.807, 2.05) is 27.7 Å². The number of benzene rings is 1. The van der Waals surface area contributed by atoms with E-state index in [0.717, 1.165) is 0 Å². The molecule has 0 fully saturated rings. The van der Waals surface area contributed by atoms with Crippen molar-refractivity contribution in [2.45, 2.75) is 52.8 Å². The van der Waals surface area contributed by atoms with Gasteiger partial charge in [0.05, 0.1) is 12.2 Å². The molecule has 2 N–H and O–H groups in total. The fourth-order valence-corrected chi connectivity index (χ4v) is 2.60. The van der Waals surface area contributed by atoms with Gasteiger partial charge in [-0.25, -0.2) is 4.79 Å². The summed E-state index contributed by atoms with van der Waals surface area (Å²) in [7, 11) is 0. The topological polar surface area (TPSA) is 78.9 Å². The van der Waals surface area contributed by atoms with Gasteiger partial charge in [-0.3, -0.25) is 4.79 Å². The first-order valence-corrected chi connectivity index (χ1v) is 8.26. The van der Waals surface area contributed by atoms with Crippen molar-refractivity contribution >= 4 is 17.6 Å². The molecular formula is C18H28N2O4. The second kappa shape index (κ2) is 9.27. The summed E-state index contributed by atoms with van der Waals surface area (Å²) in [4.78, 5) is 26.7. The van der Waals surface area contributed by atoms with Gasteiger partial charge in [-0.2, -0.15) is 0 Å². The summed E-state index contributed by atoms with van der Waals surface area (Å²) in [5.74, 6) is -0.779. The third-order valence-electron chi connectivity index (χ3n) is 3.57. The first-order chi connectivity index (χ1) is 11.3. The molecule has 24 heavy (non-hydrogen) atoms. The normalized spacial score (nSPS) is 12.2. The number of anilines is 1. The highest BCUT2D eigenvalue weighted by molar-refractivity contribution is 5.97. The number of esters is 1. The van der Waals surface area contributed by atoms with Gasteiger partial charge in [0, 0.05) is 24.3 Å². The van der Waals surface area contributed by atoms with Crippen LogP contribution >= 0.6 is 0 Å². The summed E-state index contributed by atoms with van der Waals surface area (Å²) >= 11 is 0. The van der Waals surface area contributed by atoms with Crippen molar-refractivity contribution in [2.75, 3.05) is 18.5 Å². The molecule has 6 nitrogen and oxygen atoms in total. The minimum atomic E-state index is -0.867. The van der Waals surface area contributed by atoms with E-state index >= 15 is 0 Å². The van der Waals surface area contributed by atoms with Crippen LogP contribution < -0.4 is 5.32 Å². The zero-order valence-corrected chi connectivity index (χ0v) is 15.1. The van der Waals surface area contributed by atoms with E-state index in [-0.39, 0.29) is 24.6 Å². The molecule has 0 saturated carbocycles. The summed E-state index contributed by atoms with van der Waals surface area (Å²) in [6.45, 7) is 9.59. The van der Waals surface area contributed by atoms with Gasteiger partial charge in [0.1, 0.15) is 0 Å². The molecule has 0 aliphatic heterocycles. The SMILES string of the molecule is CC(OC(=O)c1ccccc1NCCO)C(=O)N(C(C)C)C(C)C. The number of amides is 1. The highest BCUT2D eigenvalue weighted by Crippen LogP contribution is 2.18. The van der Waals surface area contributed by atoms with Crippen LogP contribution in [0.4, 0.5) is 5.69 Å². The predicted molar refractivity (Wildman–Crippen MR) is 94.0 cm³/mol. The smallest absolute Gasteiger partial charge is 0.341 e. The van der Waals surface area contributed by atoms with Crippen LogP contribution in [0.1, 0.15) is 45.0 Å². The molecule has 0 heterocycles. The molecule has 6 heteroatoms. The lowest BCUT2D eigenvalue weighted by Crippen LogP contribution is -2.47. The van der Waals surface area contributed by atoms with E-state index in [9.17, 15) is 9.59 Å². The zero-order chi connectivity index (χ0) is 18.3. The number of carbonyl (C=O) groups is 2.